The Bertz CT molecular complexity index is 735. The van der Waals surface area contributed by atoms with Gasteiger partial charge in [-0.25, -0.2) is 9.07 Å². The predicted octanol–water partition coefficient (Wildman–Crippen LogP) is 3.93. The van der Waals surface area contributed by atoms with Gasteiger partial charge in [0.15, 0.2) is 0 Å². The minimum atomic E-state index is -0.194. The molecular weight excluding hydrogens is 265 g/mol. The topological polar surface area (TPSA) is 29.9 Å². The summed E-state index contributed by atoms with van der Waals surface area (Å²) in [5, 5.41) is 7.58. The fourth-order valence-corrected chi connectivity index (χ4v) is 2.17. The number of nitrogens with one attached hydrogen (secondary N) is 1. The number of nitrogens with zero attached hydrogens (tertiary/aromatic N) is 2. The first kappa shape index (κ1) is 13.4. The van der Waals surface area contributed by atoms with E-state index in [1.807, 2.05) is 53.5 Å². The summed E-state index contributed by atoms with van der Waals surface area (Å²) < 4.78 is 15.3. The van der Waals surface area contributed by atoms with Crippen molar-refractivity contribution >= 4 is 5.69 Å². The van der Waals surface area contributed by atoms with E-state index in [9.17, 15) is 4.39 Å². The zero-order valence-electron chi connectivity index (χ0n) is 11.8. The molecule has 0 unspecified atom stereocenters. The van der Waals surface area contributed by atoms with Crippen LogP contribution in [0.5, 0.6) is 0 Å². The maximum atomic E-state index is 13.5. The van der Waals surface area contributed by atoms with Gasteiger partial charge >= 0.3 is 0 Å². The first-order chi connectivity index (χ1) is 10.2. The summed E-state index contributed by atoms with van der Waals surface area (Å²) in [5.41, 5.74) is 3.50. The molecule has 1 heterocycles. The number of rotatable bonds is 4. The Kier molecular flexibility index (Phi) is 3.69. The Morgan fingerprint density at radius 1 is 1.10 bits per heavy atom. The van der Waals surface area contributed by atoms with Gasteiger partial charge in [-0.3, -0.25) is 0 Å². The first-order valence-corrected chi connectivity index (χ1v) is 6.82. The van der Waals surface area contributed by atoms with Gasteiger partial charge < -0.3 is 5.32 Å². The lowest BCUT2D eigenvalue weighted by Crippen LogP contribution is -2.01. The lowest BCUT2D eigenvalue weighted by molar-refractivity contribution is 0.619. The van der Waals surface area contributed by atoms with Crippen LogP contribution in [0.2, 0.25) is 0 Å². The lowest BCUT2D eigenvalue weighted by Gasteiger charge is -2.08. The van der Waals surface area contributed by atoms with Crippen molar-refractivity contribution in [1.29, 1.82) is 0 Å². The van der Waals surface area contributed by atoms with E-state index in [1.54, 1.807) is 13.0 Å². The molecule has 0 amide bonds. The van der Waals surface area contributed by atoms with Crippen LogP contribution in [-0.2, 0) is 6.54 Å². The van der Waals surface area contributed by atoms with Crippen molar-refractivity contribution in [2.75, 3.05) is 5.32 Å². The Hall–Kier alpha value is -2.62. The van der Waals surface area contributed by atoms with Crippen molar-refractivity contribution in [1.82, 2.24) is 9.78 Å². The SMILES string of the molecule is Cc1c(F)cccc1NCc1cnn(-c2ccccc2)c1. The average molecular weight is 281 g/mol. The second kappa shape index (κ2) is 5.79. The largest absolute Gasteiger partial charge is 0.381 e. The summed E-state index contributed by atoms with van der Waals surface area (Å²) in [5.74, 6) is -0.194. The molecule has 106 valence electrons. The number of hydrogen-bond acceptors (Lipinski definition) is 2. The standard InChI is InChI=1S/C17H16FN3/c1-13-16(18)8-5-9-17(13)19-10-14-11-20-21(12-14)15-6-3-2-4-7-15/h2-9,11-12,19H,10H2,1H3. The van der Waals surface area contributed by atoms with Crippen LogP contribution < -0.4 is 5.32 Å². The van der Waals surface area contributed by atoms with Crippen molar-refractivity contribution in [2.45, 2.75) is 13.5 Å². The number of aromatic nitrogens is 2. The number of para-hydroxylation sites is 1. The normalized spacial score (nSPS) is 10.6. The molecule has 0 radical (unpaired) electrons. The molecule has 0 aliphatic heterocycles. The van der Waals surface area contributed by atoms with Crippen LogP contribution >= 0.6 is 0 Å². The highest BCUT2D eigenvalue weighted by molar-refractivity contribution is 5.51. The van der Waals surface area contributed by atoms with Crippen LogP contribution in [0.1, 0.15) is 11.1 Å². The highest BCUT2D eigenvalue weighted by atomic mass is 19.1. The minimum absolute atomic E-state index is 0.194. The quantitative estimate of drug-likeness (QED) is 0.785. The number of halogens is 1. The number of benzene rings is 2. The van der Waals surface area contributed by atoms with E-state index in [1.165, 1.54) is 6.07 Å². The van der Waals surface area contributed by atoms with Gasteiger partial charge in [-0.15, -0.1) is 0 Å². The molecule has 0 spiro atoms. The highest BCUT2D eigenvalue weighted by Crippen LogP contribution is 2.18. The molecule has 1 aromatic heterocycles. The summed E-state index contributed by atoms with van der Waals surface area (Å²) in [7, 11) is 0. The van der Waals surface area contributed by atoms with E-state index in [0.29, 0.717) is 12.1 Å². The summed E-state index contributed by atoms with van der Waals surface area (Å²) in [6.45, 7) is 2.38. The molecule has 0 atom stereocenters. The van der Waals surface area contributed by atoms with Crippen molar-refractivity contribution in [2.24, 2.45) is 0 Å². The molecule has 0 fully saturated rings. The Morgan fingerprint density at radius 2 is 1.90 bits per heavy atom. The van der Waals surface area contributed by atoms with Crippen molar-refractivity contribution in [3.8, 4) is 5.69 Å². The molecule has 1 N–H and O–H groups in total. The third kappa shape index (κ3) is 2.94. The minimum Gasteiger partial charge on any atom is -0.381 e. The van der Waals surface area contributed by atoms with Crippen LogP contribution in [0.4, 0.5) is 10.1 Å². The molecule has 0 aliphatic carbocycles. The molecule has 0 saturated carbocycles. The summed E-state index contributed by atoms with van der Waals surface area (Å²) >= 11 is 0. The van der Waals surface area contributed by atoms with Gasteiger partial charge in [0, 0.05) is 29.6 Å². The molecule has 0 bridgehead atoms. The van der Waals surface area contributed by atoms with Crippen molar-refractivity contribution in [3.05, 3.63) is 77.9 Å². The third-order valence-corrected chi connectivity index (χ3v) is 3.41. The molecule has 2 aromatic carbocycles. The second-order valence-corrected chi connectivity index (χ2v) is 4.89. The molecule has 3 aromatic rings. The molecule has 3 rings (SSSR count). The van der Waals surface area contributed by atoms with Crippen LogP contribution in [-0.4, -0.2) is 9.78 Å². The maximum absolute atomic E-state index is 13.5. The highest BCUT2D eigenvalue weighted by Gasteiger charge is 2.04. The van der Waals surface area contributed by atoms with Crippen LogP contribution in [0.15, 0.2) is 60.9 Å². The van der Waals surface area contributed by atoms with Crippen molar-refractivity contribution < 1.29 is 4.39 Å². The molecule has 21 heavy (non-hydrogen) atoms. The summed E-state index contributed by atoms with van der Waals surface area (Å²) in [6, 6.07) is 15.0. The van der Waals surface area contributed by atoms with Crippen molar-refractivity contribution in [3.63, 3.8) is 0 Å². The number of anilines is 1. The number of hydrogen-bond donors (Lipinski definition) is 1. The van der Waals surface area contributed by atoms with Gasteiger partial charge in [0.1, 0.15) is 5.82 Å². The first-order valence-electron chi connectivity index (χ1n) is 6.82. The Morgan fingerprint density at radius 3 is 2.71 bits per heavy atom. The van der Waals surface area contributed by atoms with E-state index in [-0.39, 0.29) is 5.82 Å². The van der Waals surface area contributed by atoms with E-state index in [2.05, 4.69) is 10.4 Å². The van der Waals surface area contributed by atoms with Gasteiger partial charge in [0.05, 0.1) is 11.9 Å². The van der Waals surface area contributed by atoms with Gasteiger partial charge in [-0.2, -0.15) is 5.10 Å². The fraction of sp³-hybridized carbons (Fsp3) is 0.118. The Balaban J connectivity index is 1.72. The van der Waals surface area contributed by atoms with E-state index >= 15 is 0 Å². The predicted molar refractivity (Wildman–Crippen MR) is 82.0 cm³/mol. The van der Waals surface area contributed by atoms with Crippen LogP contribution in [0.25, 0.3) is 5.69 Å². The van der Waals surface area contributed by atoms with Crippen LogP contribution in [0, 0.1) is 12.7 Å². The Labute approximate surface area is 123 Å². The summed E-state index contributed by atoms with van der Waals surface area (Å²) in [6.07, 6.45) is 3.78. The molecular formula is C17H16FN3. The average Bonchev–Trinajstić information content (AvgIpc) is 2.99. The zero-order valence-corrected chi connectivity index (χ0v) is 11.8. The lowest BCUT2D eigenvalue weighted by atomic mass is 10.2. The third-order valence-electron chi connectivity index (χ3n) is 3.41. The summed E-state index contributed by atoms with van der Waals surface area (Å²) in [4.78, 5) is 0. The molecule has 4 heteroatoms. The molecule has 0 aliphatic rings. The monoisotopic (exact) mass is 281 g/mol. The van der Waals surface area contributed by atoms with Crippen LogP contribution in [0.3, 0.4) is 0 Å². The molecule has 3 nitrogen and oxygen atoms in total. The smallest absolute Gasteiger partial charge is 0.128 e. The zero-order chi connectivity index (χ0) is 14.7. The van der Waals surface area contributed by atoms with E-state index in [4.69, 9.17) is 0 Å². The fourth-order valence-electron chi connectivity index (χ4n) is 2.17. The van der Waals surface area contributed by atoms with Gasteiger partial charge in [0.2, 0.25) is 0 Å². The van der Waals surface area contributed by atoms with E-state index in [0.717, 1.165) is 16.9 Å². The van der Waals surface area contributed by atoms with Gasteiger partial charge in [-0.1, -0.05) is 24.3 Å². The molecule has 0 saturated heterocycles. The second-order valence-electron chi connectivity index (χ2n) is 4.89. The van der Waals surface area contributed by atoms with Gasteiger partial charge in [-0.05, 0) is 31.2 Å². The van der Waals surface area contributed by atoms with Gasteiger partial charge in [0.25, 0.3) is 0 Å². The maximum Gasteiger partial charge on any atom is 0.128 e. The van der Waals surface area contributed by atoms with E-state index < -0.39 is 0 Å².